The van der Waals surface area contributed by atoms with Gasteiger partial charge in [-0.3, -0.25) is 0 Å². The number of fused-ring (bicyclic) bond motifs is 1. The van der Waals surface area contributed by atoms with Crippen molar-refractivity contribution in [3.8, 4) is 0 Å². The molecule has 1 aromatic carbocycles. The number of ether oxygens (including phenoxy) is 1. The SMILES string of the molecule is CCOC(=O)c1ccnc(N[C@@H]2CCCc3ccccc32)n1. The standard InChI is InChI=1S/C17H19N3O2/c1-2-22-16(21)15-10-11-18-17(20-15)19-14-9-5-7-12-6-3-4-8-13(12)14/h3-4,6,8,10-11,14H,2,5,7,9H2,1H3,(H,18,19,20)/t14-/m1/s1. The molecule has 22 heavy (non-hydrogen) atoms. The van der Waals surface area contributed by atoms with Crippen LogP contribution >= 0.6 is 0 Å². The molecule has 1 aliphatic rings. The number of anilines is 1. The van der Waals surface area contributed by atoms with Gasteiger partial charge in [0.05, 0.1) is 12.6 Å². The van der Waals surface area contributed by atoms with Gasteiger partial charge in [0.1, 0.15) is 0 Å². The largest absolute Gasteiger partial charge is 0.461 e. The van der Waals surface area contributed by atoms with Crippen LogP contribution in [0.2, 0.25) is 0 Å². The van der Waals surface area contributed by atoms with Crippen molar-refractivity contribution in [3.63, 3.8) is 0 Å². The summed E-state index contributed by atoms with van der Waals surface area (Å²) in [6.07, 6.45) is 4.85. The molecule has 0 bridgehead atoms. The number of benzene rings is 1. The Bertz CT molecular complexity index is 672. The van der Waals surface area contributed by atoms with Gasteiger partial charge < -0.3 is 10.1 Å². The van der Waals surface area contributed by atoms with Crippen LogP contribution in [0.3, 0.4) is 0 Å². The van der Waals surface area contributed by atoms with Crippen molar-refractivity contribution in [2.24, 2.45) is 0 Å². The molecule has 0 saturated carbocycles. The van der Waals surface area contributed by atoms with Gasteiger partial charge in [-0.15, -0.1) is 0 Å². The first kappa shape index (κ1) is 14.5. The summed E-state index contributed by atoms with van der Waals surface area (Å²) in [5.41, 5.74) is 2.94. The number of nitrogens with zero attached hydrogens (tertiary/aromatic N) is 2. The van der Waals surface area contributed by atoms with Crippen molar-refractivity contribution in [1.29, 1.82) is 0 Å². The summed E-state index contributed by atoms with van der Waals surface area (Å²) in [5, 5.41) is 3.34. The van der Waals surface area contributed by atoms with Crippen LogP contribution in [0.4, 0.5) is 5.95 Å². The first-order chi connectivity index (χ1) is 10.8. The van der Waals surface area contributed by atoms with Crippen molar-refractivity contribution in [3.05, 3.63) is 53.3 Å². The first-order valence-electron chi connectivity index (χ1n) is 7.62. The molecule has 3 rings (SSSR count). The van der Waals surface area contributed by atoms with Crippen LogP contribution in [0.15, 0.2) is 36.5 Å². The summed E-state index contributed by atoms with van der Waals surface area (Å²) in [6, 6.07) is 10.2. The minimum atomic E-state index is -0.419. The van der Waals surface area contributed by atoms with Gasteiger partial charge in [-0.05, 0) is 43.4 Å². The van der Waals surface area contributed by atoms with Gasteiger partial charge >= 0.3 is 5.97 Å². The summed E-state index contributed by atoms with van der Waals surface area (Å²) >= 11 is 0. The minimum absolute atomic E-state index is 0.183. The number of hydrogen-bond acceptors (Lipinski definition) is 5. The lowest BCUT2D eigenvalue weighted by Gasteiger charge is -2.26. The molecule has 0 unspecified atom stereocenters. The smallest absolute Gasteiger partial charge is 0.357 e. The highest BCUT2D eigenvalue weighted by Crippen LogP contribution is 2.31. The Morgan fingerprint density at radius 2 is 2.23 bits per heavy atom. The first-order valence-corrected chi connectivity index (χ1v) is 7.62. The average molecular weight is 297 g/mol. The van der Waals surface area contributed by atoms with Crippen LogP contribution in [0.1, 0.15) is 47.4 Å². The predicted molar refractivity (Wildman–Crippen MR) is 83.7 cm³/mol. The molecule has 5 nitrogen and oxygen atoms in total. The molecular formula is C17H19N3O2. The predicted octanol–water partition coefficient (Wildman–Crippen LogP) is 3.14. The zero-order chi connectivity index (χ0) is 15.4. The Balaban J connectivity index is 1.80. The van der Waals surface area contributed by atoms with Crippen LogP contribution in [-0.2, 0) is 11.2 Å². The van der Waals surface area contributed by atoms with Crippen molar-refractivity contribution < 1.29 is 9.53 Å². The Hall–Kier alpha value is -2.43. The van der Waals surface area contributed by atoms with Gasteiger partial charge in [0.2, 0.25) is 5.95 Å². The highest BCUT2D eigenvalue weighted by molar-refractivity contribution is 5.87. The van der Waals surface area contributed by atoms with E-state index in [9.17, 15) is 4.79 Å². The second-order valence-electron chi connectivity index (χ2n) is 5.27. The minimum Gasteiger partial charge on any atom is -0.461 e. The maximum Gasteiger partial charge on any atom is 0.357 e. The van der Waals surface area contributed by atoms with Gasteiger partial charge in [-0.2, -0.15) is 0 Å². The topological polar surface area (TPSA) is 64.1 Å². The number of rotatable bonds is 4. The summed E-state index contributed by atoms with van der Waals surface area (Å²) < 4.78 is 4.97. The van der Waals surface area contributed by atoms with Crippen LogP contribution in [-0.4, -0.2) is 22.5 Å². The van der Waals surface area contributed by atoms with E-state index in [0.29, 0.717) is 12.6 Å². The quantitative estimate of drug-likeness (QED) is 0.878. The molecule has 1 atom stereocenters. The fourth-order valence-corrected chi connectivity index (χ4v) is 2.81. The van der Waals surface area contributed by atoms with E-state index in [1.165, 1.54) is 11.1 Å². The van der Waals surface area contributed by atoms with Gasteiger partial charge in [-0.25, -0.2) is 14.8 Å². The molecule has 1 heterocycles. The van der Waals surface area contributed by atoms with Crippen molar-refractivity contribution in [2.45, 2.75) is 32.2 Å². The second-order valence-corrected chi connectivity index (χ2v) is 5.27. The third-order valence-corrected chi connectivity index (χ3v) is 3.81. The highest BCUT2D eigenvalue weighted by Gasteiger charge is 2.20. The van der Waals surface area contributed by atoms with E-state index in [1.54, 1.807) is 19.2 Å². The van der Waals surface area contributed by atoms with E-state index in [4.69, 9.17) is 4.74 Å². The number of nitrogens with one attached hydrogen (secondary N) is 1. The molecule has 1 aliphatic carbocycles. The fourth-order valence-electron chi connectivity index (χ4n) is 2.81. The third kappa shape index (κ3) is 3.08. The van der Waals surface area contributed by atoms with E-state index in [0.717, 1.165) is 19.3 Å². The molecule has 5 heteroatoms. The van der Waals surface area contributed by atoms with Crippen molar-refractivity contribution >= 4 is 11.9 Å². The van der Waals surface area contributed by atoms with Crippen LogP contribution in [0, 0.1) is 0 Å². The summed E-state index contributed by atoms with van der Waals surface area (Å²) in [5.74, 6) is 0.0456. The zero-order valence-corrected chi connectivity index (χ0v) is 12.6. The van der Waals surface area contributed by atoms with Gasteiger partial charge in [0, 0.05) is 6.20 Å². The van der Waals surface area contributed by atoms with Crippen LogP contribution in [0.25, 0.3) is 0 Å². The van der Waals surface area contributed by atoms with Crippen LogP contribution < -0.4 is 5.32 Å². The number of hydrogen-bond donors (Lipinski definition) is 1. The Morgan fingerprint density at radius 1 is 1.36 bits per heavy atom. The lowest BCUT2D eigenvalue weighted by atomic mass is 9.88. The number of aryl methyl sites for hydroxylation is 1. The Kier molecular flexibility index (Phi) is 4.32. The molecule has 1 N–H and O–H groups in total. The van der Waals surface area contributed by atoms with E-state index in [-0.39, 0.29) is 11.7 Å². The maximum atomic E-state index is 11.7. The monoisotopic (exact) mass is 297 g/mol. The summed E-state index contributed by atoms with van der Waals surface area (Å²) in [7, 11) is 0. The van der Waals surface area contributed by atoms with Crippen molar-refractivity contribution in [1.82, 2.24) is 9.97 Å². The number of esters is 1. The second kappa shape index (κ2) is 6.56. The maximum absolute atomic E-state index is 11.7. The number of aromatic nitrogens is 2. The molecule has 2 aromatic rings. The van der Waals surface area contributed by atoms with E-state index >= 15 is 0 Å². The fraction of sp³-hybridized carbons (Fsp3) is 0.353. The molecule has 114 valence electrons. The Morgan fingerprint density at radius 3 is 3.09 bits per heavy atom. The van der Waals surface area contributed by atoms with E-state index in [2.05, 4.69) is 39.6 Å². The van der Waals surface area contributed by atoms with Gasteiger partial charge in [0.25, 0.3) is 0 Å². The molecule has 0 aliphatic heterocycles. The zero-order valence-electron chi connectivity index (χ0n) is 12.6. The van der Waals surface area contributed by atoms with Crippen molar-refractivity contribution in [2.75, 3.05) is 11.9 Å². The average Bonchev–Trinajstić information content (AvgIpc) is 2.56. The van der Waals surface area contributed by atoms with Gasteiger partial charge in [-0.1, -0.05) is 24.3 Å². The van der Waals surface area contributed by atoms with Gasteiger partial charge in [0.15, 0.2) is 5.69 Å². The molecule has 0 amide bonds. The summed E-state index contributed by atoms with van der Waals surface area (Å²) in [6.45, 7) is 2.11. The molecule has 0 fully saturated rings. The molecule has 1 aromatic heterocycles. The number of carbonyl (C=O) groups is 1. The Labute approximate surface area is 129 Å². The lowest BCUT2D eigenvalue weighted by Crippen LogP contribution is -2.19. The normalized spacial score (nSPS) is 16.7. The molecular weight excluding hydrogens is 278 g/mol. The molecule has 0 saturated heterocycles. The number of carbonyl (C=O) groups excluding carboxylic acids is 1. The third-order valence-electron chi connectivity index (χ3n) is 3.81. The van der Waals surface area contributed by atoms with E-state index in [1.807, 2.05) is 0 Å². The molecule has 0 radical (unpaired) electrons. The molecule has 0 spiro atoms. The lowest BCUT2D eigenvalue weighted by molar-refractivity contribution is 0.0519. The summed E-state index contributed by atoms with van der Waals surface area (Å²) in [4.78, 5) is 20.2. The van der Waals surface area contributed by atoms with E-state index < -0.39 is 5.97 Å². The van der Waals surface area contributed by atoms with Crippen LogP contribution in [0.5, 0.6) is 0 Å². The highest BCUT2D eigenvalue weighted by atomic mass is 16.5.